The van der Waals surface area contributed by atoms with E-state index in [2.05, 4.69) is 9.29 Å². The normalized spacial score (nSPS) is 32.6. The van der Waals surface area contributed by atoms with Crippen LogP contribution in [0, 0.1) is 0 Å². The number of ether oxygens (including phenoxy) is 3. The highest BCUT2D eigenvalue weighted by Gasteiger charge is 2.55. The van der Waals surface area contributed by atoms with Crippen molar-refractivity contribution < 1.29 is 41.4 Å². The molecule has 32 heavy (non-hydrogen) atoms. The molecule has 2 fully saturated rings. The molecule has 13 nitrogen and oxygen atoms in total. The fourth-order valence-corrected chi connectivity index (χ4v) is 9.64. The largest absolute Gasteiger partial charge is 0.365 e. The molecule has 0 spiro atoms. The van der Waals surface area contributed by atoms with E-state index in [-0.39, 0.29) is 6.42 Å². The van der Waals surface area contributed by atoms with Crippen molar-refractivity contribution in [2.45, 2.75) is 50.4 Å². The van der Waals surface area contributed by atoms with Gasteiger partial charge in [-0.2, -0.15) is 0 Å². The summed E-state index contributed by atoms with van der Waals surface area (Å²) >= 11 is 0. The van der Waals surface area contributed by atoms with Crippen molar-refractivity contribution >= 4 is 22.6 Å². The van der Waals surface area contributed by atoms with Gasteiger partial charge in [-0.3, -0.25) is 28.0 Å². The number of nitrogens with one attached hydrogen (secondary N) is 1. The number of H-pyrrole nitrogens is 1. The van der Waals surface area contributed by atoms with Crippen LogP contribution in [0.4, 0.5) is 0 Å². The first-order valence-electron chi connectivity index (χ1n) is 9.63. The van der Waals surface area contributed by atoms with Crippen LogP contribution in [0.15, 0.2) is 21.9 Å². The molecule has 1 saturated carbocycles. The van der Waals surface area contributed by atoms with Crippen LogP contribution < -0.4 is 11.2 Å². The Hall–Kier alpha value is -0.870. The van der Waals surface area contributed by atoms with E-state index < -0.39 is 70.3 Å². The minimum absolute atomic E-state index is 0.235. The lowest BCUT2D eigenvalue weighted by Gasteiger charge is -2.25. The molecule has 0 bridgehead atoms. The Morgan fingerprint density at radius 3 is 2.38 bits per heavy atom. The summed E-state index contributed by atoms with van der Waals surface area (Å²) in [6.07, 6.45) is -0.772. The Morgan fingerprint density at radius 2 is 1.78 bits per heavy atom. The third kappa shape index (κ3) is 6.38. The van der Waals surface area contributed by atoms with Gasteiger partial charge in [0.1, 0.15) is 18.6 Å². The average Bonchev–Trinajstić information content (AvgIpc) is 3.03. The first-order chi connectivity index (χ1) is 14.5. The molecule has 5 unspecified atom stereocenters. The molecule has 1 aliphatic carbocycles. The first-order valence-corrected chi connectivity index (χ1v) is 15.9. The third-order valence-electron chi connectivity index (χ3n) is 4.74. The van der Waals surface area contributed by atoms with E-state index >= 15 is 0 Å². The summed E-state index contributed by atoms with van der Waals surface area (Å²) in [6, 6.07) is 0.681. The Balaban J connectivity index is 1.75. The van der Waals surface area contributed by atoms with Gasteiger partial charge in [-0.1, -0.05) is 0 Å². The summed E-state index contributed by atoms with van der Waals surface area (Å²) in [6.45, 7) is 6.34. The van der Waals surface area contributed by atoms with Crippen molar-refractivity contribution in [1.82, 2.24) is 9.55 Å². The number of fused-ring (bicyclic) bond motifs is 1. The summed E-state index contributed by atoms with van der Waals surface area (Å²) in [5.74, 6) is -0.968. The van der Waals surface area contributed by atoms with Crippen molar-refractivity contribution in [3.63, 3.8) is 0 Å². The van der Waals surface area contributed by atoms with Crippen molar-refractivity contribution in [2.75, 3.05) is 26.3 Å². The Kier molecular flexibility index (Phi) is 7.02. The van der Waals surface area contributed by atoms with Crippen molar-refractivity contribution in [3.8, 4) is 0 Å². The quantitative estimate of drug-likeness (QED) is 0.484. The molecule has 0 aromatic carbocycles. The van der Waals surface area contributed by atoms with E-state index in [1.165, 1.54) is 16.8 Å². The zero-order chi connectivity index (χ0) is 24.1. The van der Waals surface area contributed by atoms with Gasteiger partial charge in [-0.15, -0.1) is 0 Å². The summed E-state index contributed by atoms with van der Waals surface area (Å²) in [7, 11) is -11.9. The molecule has 1 aliphatic heterocycles. The van der Waals surface area contributed by atoms with Gasteiger partial charge in [0.15, 0.2) is 5.79 Å². The summed E-state index contributed by atoms with van der Waals surface area (Å²) in [5.41, 5.74) is -1.15. The van der Waals surface area contributed by atoms with E-state index in [9.17, 15) is 28.2 Å². The molecule has 1 aromatic heterocycles. The number of aromatic amines is 1. The molecule has 1 aromatic rings. The van der Waals surface area contributed by atoms with Crippen LogP contribution >= 0.6 is 22.6 Å². The standard InChI is InChI=1S/C16H27N2O11P3/c1-16(2)26-13-10(18-7-6-12(19)17-15(18)20)8-11(14(13)27-16)25-9-30(3,21)28-32(5,24)29-31(4,22)23/h6-7,10-11,13-14H,8-9H2,1-5H3,(H,22,23)(H,17,19,20)/t10-,11+,13?,14?,30?,32?/m1/s1. The van der Waals surface area contributed by atoms with Crippen molar-refractivity contribution in [3.05, 3.63) is 33.1 Å². The zero-order valence-electron chi connectivity index (χ0n) is 18.2. The van der Waals surface area contributed by atoms with Gasteiger partial charge in [0.25, 0.3) is 5.56 Å². The van der Waals surface area contributed by atoms with Gasteiger partial charge in [0.2, 0.25) is 7.37 Å². The van der Waals surface area contributed by atoms with Crippen LogP contribution in [0.1, 0.15) is 26.3 Å². The van der Waals surface area contributed by atoms with Crippen LogP contribution in [0.3, 0.4) is 0 Å². The van der Waals surface area contributed by atoms with Gasteiger partial charge >= 0.3 is 20.9 Å². The predicted octanol–water partition coefficient (Wildman–Crippen LogP) is 1.92. The molecular formula is C16H27N2O11P3. The molecule has 182 valence electrons. The number of rotatable bonds is 8. The smallest absolute Gasteiger partial charge is 0.340 e. The topological polar surface area (TPSA) is 172 Å². The summed E-state index contributed by atoms with van der Waals surface area (Å²) < 4.78 is 65.0. The second kappa shape index (κ2) is 8.73. The minimum atomic E-state index is -4.14. The van der Waals surface area contributed by atoms with Crippen LogP contribution in [-0.2, 0) is 36.5 Å². The molecular weight excluding hydrogens is 489 g/mol. The van der Waals surface area contributed by atoms with Crippen LogP contribution in [0.5, 0.6) is 0 Å². The third-order valence-corrected chi connectivity index (χ3v) is 10.3. The molecule has 0 radical (unpaired) electrons. The van der Waals surface area contributed by atoms with E-state index in [0.29, 0.717) is 0 Å². The van der Waals surface area contributed by atoms with E-state index in [1.54, 1.807) is 13.8 Å². The highest BCUT2D eigenvalue weighted by Crippen LogP contribution is 2.66. The van der Waals surface area contributed by atoms with Gasteiger partial charge < -0.3 is 19.1 Å². The Labute approximate surface area is 183 Å². The van der Waals surface area contributed by atoms with Crippen LogP contribution in [0.25, 0.3) is 0 Å². The monoisotopic (exact) mass is 516 g/mol. The molecule has 2 N–H and O–H groups in total. The van der Waals surface area contributed by atoms with E-state index in [1.807, 2.05) is 0 Å². The second-order valence-electron chi connectivity index (χ2n) is 8.47. The maximum absolute atomic E-state index is 12.8. The average molecular weight is 516 g/mol. The van der Waals surface area contributed by atoms with Gasteiger partial charge in [-0.25, -0.2) is 13.4 Å². The lowest BCUT2D eigenvalue weighted by molar-refractivity contribution is -0.168. The summed E-state index contributed by atoms with van der Waals surface area (Å²) in [5, 5.41) is 0. The van der Waals surface area contributed by atoms with Crippen LogP contribution in [-0.4, -0.2) is 64.9 Å². The van der Waals surface area contributed by atoms with Crippen molar-refractivity contribution in [2.24, 2.45) is 0 Å². The number of hydrogen-bond donors (Lipinski definition) is 2. The van der Waals surface area contributed by atoms with Crippen LogP contribution in [0.2, 0.25) is 0 Å². The Morgan fingerprint density at radius 1 is 1.16 bits per heavy atom. The van der Waals surface area contributed by atoms with Gasteiger partial charge in [0, 0.05) is 32.3 Å². The first kappa shape index (κ1) is 25.7. The van der Waals surface area contributed by atoms with E-state index in [4.69, 9.17) is 18.5 Å². The van der Waals surface area contributed by atoms with E-state index in [0.717, 1.165) is 20.0 Å². The van der Waals surface area contributed by atoms with Gasteiger partial charge in [-0.05, 0) is 20.3 Å². The molecule has 7 atom stereocenters. The van der Waals surface area contributed by atoms with Crippen molar-refractivity contribution in [1.29, 1.82) is 0 Å². The highest BCUT2D eigenvalue weighted by molar-refractivity contribution is 7.73. The number of nitrogens with zero attached hydrogens (tertiary/aromatic N) is 1. The molecule has 1 saturated heterocycles. The zero-order valence-corrected chi connectivity index (χ0v) is 20.9. The minimum Gasteiger partial charge on any atom is -0.365 e. The summed E-state index contributed by atoms with van der Waals surface area (Å²) in [4.78, 5) is 35.1. The molecule has 2 heterocycles. The Bertz CT molecular complexity index is 1120. The lowest BCUT2D eigenvalue weighted by atomic mass is 10.2. The predicted molar refractivity (Wildman–Crippen MR) is 114 cm³/mol. The number of hydrogen-bond acceptors (Lipinski definition) is 10. The fraction of sp³-hybridized carbons (Fsp3) is 0.750. The number of aromatic nitrogens is 2. The second-order valence-corrected chi connectivity index (χ2v) is 15.2. The molecule has 16 heteroatoms. The maximum Gasteiger partial charge on any atom is 0.340 e. The lowest BCUT2D eigenvalue weighted by Crippen LogP contribution is -2.36. The molecule has 0 amide bonds. The SMILES string of the molecule is CC1(C)OC2C(O1)[C@H](n1ccc(=O)[nH]c1=O)C[C@@H]2OCP(C)(=O)OP(C)(=O)OP(C)(=O)O. The molecule has 2 aliphatic rings. The molecule has 3 rings (SSSR count). The van der Waals surface area contributed by atoms with Gasteiger partial charge in [0.05, 0.1) is 12.1 Å². The highest BCUT2D eigenvalue weighted by atomic mass is 31.3. The maximum atomic E-state index is 12.8. The fourth-order valence-electron chi connectivity index (χ4n) is 3.89.